The molecule has 0 radical (unpaired) electrons. The number of halogens is 1. The average molecular weight is 319 g/mol. The molecule has 0 aromatic heterocycles. The summed E-state index contributed by atoms with van der Waals surface area (Å²) in [5, 5.41) is 6.25. The Morgan fingerprint density at radius 2 is 2.10 bits per heavy atom. The second kappa shape index (κ2) is 8.56. The molecule has 2 saturated heterocycles. The monoisotopic (exact) mass is 318 g/mol. The van der Waals surface area contributed by atoms with Crippen LogP contribution in [-0.2, 0) is 9.59 Å². The number of amides is 2. The minimum Gasteiger partial charge on any atom is -0.352 e. The lowest BCUT2D eigenvalue weighted by molar-refractivity contribution is -0.135. The molecule has 0 aromatic carbocycles. The summed E-state index contributed by atoms with van der Waals surface area (Å²) in [5.41, 5.74) is 0. The van der Waals surface area contributed by atoms with Crippen LogP contribution in [0.5, 0.6) is 0 Å². The Kier molecular flexibility index (Phi) is 7.42. The molecule has 0 aliphatic carbocycles. The van der Waals surface area contributed by atoms with Crippen LogP contribution in [0.15, 0.2) is 0 Å². The van der Waals surface area contributed by atoms with E-state index in [0.717, 1.165) is 39.0 Å². The smallest absolute Gasteiger partial charge is 0.236 e. The summed E-state index contributed by atoms with van der Waals surface area (Å²) >= 11 is 0. The third-order valence-corrected chi connectivity index (χ3v) is 4.16. The Morgan fingerprint density at radius 1 is 1.33 bits per heavy atom. The van der Waals surface area contributed by atoms with Gasteiger partial charge in [0.1, 0.15) is 0 Å². The zero-order valence-electron chi connectivity index (χ0n) is 12.9. The predicted molar refractivity (Wildman–Crippen MR) is 84.6 cm³/mol. The van der Waals surface area contributed by atoms with Crippen molar-refractivity contribution in [3.8, 4) is 0 Å². The molecule has 2 amide bonds. The maximum absolute atomic E-state index is 12.4. The zero-order chi connectivity index (χ0) is 14.5. The lowest BCUT2D eigenvalue weighted by Gasteiger charge is -2.37. The third kappa shape index (κ3) is 5.45. The van der Waals surface area contributed by atoms with Crippen LogP contribution in [0.4, 0.5) is 0 Å². The normalized spacial score (nSPS) is 26.9. The first-order chi connectivity index (χ1) is 9.56. The molecular formula is C14H27ClN4O2. The van der Waals surface area contributed by atoms with Crippen molar-refractivity contribution in [2.24, 2.45) is 0 Å². The number of hydrogen-bond donors (Lipinski definition) is 2. The van der Waals surface area contributed by atoms with Gasteiger partial charge in [-0.05, 0) is 19.8 Å². The zero-order valence-corrected chi connectivity index (χ0v) is 13.7. The molecule has 2 heterocycles. The van der Waals surface area contributed by atoms with E-state index in [0.29, 0.717) is 19.1 Å². The van der Waals surface area contributed by atoms with E-state index in [1.165, 1.54) is 6.92 Å². The van der Waals surface area contributed by atoms with Crippen LogP contribution in [0, 0.1) is 0 Å². The Morgan fingerprint density at radius 3 is 2.76 bits per heavy atom. The van der Waals surface area contributed by atoms with Gasteiger partial charge < -0.3 is 15.5 Å². The summed E-state index contributed by atoms with van der Waals surface area (Å²) in [5.74, 6) is 0.175. The van der Waals surface area contributed by atoms with E-state index < -0.39 is 0 Å². The van der Waals surface area contributed by atoms with Crippen LogP contribution in [-0.4, -0.2) is 73.0 Å². The van der Waals surface area contributed by atoms with Crippen LogP contribution in [0.3, 0.4) is 0 Å². The molecule has 2 aliphatic heterocycles. The fraction of sp³-hybridized carbons (Fsp3) is 0.857. The Balaban J connectivity index is 0.00000220. The van der Waals surface area contributed by atoms with Crippen LogP contribution in [0.1, 0.15) is 26.7 Å². The van der Waals surface area contributed by atoms with Crippen LogP contribution in [0.25, 0.3) is 0 Å². The molecule has 0 aromatic rings. The van der Waals surface area contributed by atoms with Gasteiger partial charge in [-0.3, -0.25) is 14.5 Å². The number of carbonyl (C=O) groups excluding carboxylic acids is 2. The van der Waals surface area contributed by atoms with Crippen molar-refractivity contribution in [1.82, 2.24) is 20.4 Å². The molecule has 21 heavy (non-hydrogen) atoms. The number of carbonyl (C=O) groups is 2. The third-order valence-electron chi connectivity index (χ3n) is 4.16. The molecule has 6 nitrogen and oxygen atoms in total. The van der Waals surface area contributed by atoms with Gasteiger partial charge in [-0.25, -0.2) is 0 Å². The molecule has 7 heteroatoms. The quantitative estimate of drug-likeness (QED) is 0.758. The molecular weight excluding hydrogens is 292 g/mol. The molecule has 2 aliphatic rings. The lowest BCUT2D eigenvalue weighted by Crippen LogP contribution is -2.55. The van der Waals surface area contributed by atoms with E-state index in [9.17, 15) is 9.59 Å². The fourth-order valence-electron chi connectivity index (χ4n) is 3.00. The molecule has 2 atom stereocenters. The van der Waals surface area contributed by atoms with Gasteiger partial charge in [-0.1, -0.05) is 0 Å². The Bertz CT molecular complexity index is 367. The van der Waals surface area contributed by atoms with Gasteiger partial charge >= 0.3 is 0 Å². The average Bonchev–Trinajstić information content (AvgIpc) is 2.41. The number of hydrogen-bond acceptors (Lipinski definition) is 4. The van der Waals surface area contributed by atoms with Gasteiger partial charge in [0.2, 0.25) is 11.8 Å². The van der Waals surface area contributed by atoms with Gasteiger partial charge in [-0.15, -0.1) is 12.4 Å². The summed E-state index contributed by atoms with van der Waals surface area (Å²) in [6, 6.07) is 0.522. The highest BCUT2D eigenvalue weighted by molar-refractivity contribution is 5.85. The molecule has 2 rings (SSSR count). The van der Waals surface area contributed by atoms with Crippen LogP contribution < -0.4 is 10.6 Å². The lowest BCUT2D eigenvalue weighted by atomic mass is 10.1. The van der Waals surface area contributed by atoms with Crippen LogP contribution in [0.2, 0.25) is 0 Å². The number of nitrogens with zero attached hydrogens (tertiary/aromatic N) is 2. The van der Waals surface area contributed by atoms with E-state index in [1.807, 2.05) is 4.90 Å². The summed E-state index contributed by atoms with van der Waals surface area (Å²) in [6.45, 7) is 8.46. The maximum atomic E-state index is 12.4. The van der Waals surface area contributed by atoms with Crippen molar-refractivity contribution in [2.45, 2.75) is 38.8 Å². The molecule has 0 saturated carbocycles. The van der Waals surface area contributed by atoms with Crippen molar-refractivity contribution >= 4 is 24.2 Å². The van der Waals surface area contributed by atoms with E-state index >= 15 is 0 Å². The molecule has 0 spiro atoms. The van der Waals surface area contributed by atoms with Crippen LogP contribution >= 0.6 is 12.4 Å². The maximum Gasteiger partial charge on any atom is 0.236 e. The number of nitrogens with one attached hydrogen (secondary N) is 2. The van der Waals surface area contributed by atoms with Crippen molar-refractivity contribution in [2.75, 3.05) is 39.3 Å². The Hall–Kier alpha value is -0.850. The fourth-order valence-corrected chi connectivity index (χ4v) is 3.00. The summed E-state index contributed by atoms with van der Waals surface area (Å²) in [7, 11) is 0. The van der Waals surface area contributed by atoms with E-state index in [4.69, 9.17) is 0 Å². The standard InChI is InChI=1S/C14H26N4O2.ClH/c1-11-8-15-5-7-17(11)10-14(20)18-6-3-4-13(9-18)16-12(2)19;/h11,13,15H,3-10H2,1-2H3,(H,16,19);1H/t11-,13?;/m1./s1. The van der Waals surface area contributed by atoms with Gasteiger partial charge in [0.05, 0.1) is 6.54 Å². The number of likely N-dealkylation sites (tertiary alicyclic amines) is 1. The van der Waals surface area contributed by atoms with Crippen molar-refractivity contribution < 1.29 is 9.59 Å². The molecule has 0 bridgehead atoms. The minimum absolute atomic E-state index is 0. The number of piperazine rings is 1. The molecule has 1 unspecified atom stereocenters. The van der Waals surface area contributed by atoms with E-state index in [1.54, 1.807) is 0 Å². The summed E-state index contributed by atoms with van der Waals surface area (Å²) in [6.07, 6.45) is 1.93. The Labute approximate surface area is 133 Å². The topological polar surface area (TPSA) is 64.7 Å². The van der Waals surface area contributed by atoms with E-state index in [2.05, 4.69) is 22.5 Å². The van der Waals surface area contributed by atoms with Gasteiger partial charge in [0, 0.05) is 51.7 Å². The first kappa shape index (κ1) is 18.2. The second-order valence-electron chi connectivity index (χ2n) is 5.90. The van der Waals surface area contributed by atoms with Crippen molar-refractivity contribution in [3.63, 3.8) is 0 Å². The SMILES string of the molecule is CC(=O)NC1CCCN(C(=O)CN2CCNC[C@H]2C)C1.Cl. The second-order valence-corrected chi connectivity index (χ2v) is 5.90. The minimum atomic E-state index is -0.0139. The molecule has 2 N–H and O–H groups in total. The van der Waals surface area contributed by atoms with Crippen molar-refractivity contribution in [3.05, 3.63) is 0 Å². The summed E-state index contributed by atoms with van der Waals surface area (Å²) < 4.78 is 0. The van der Waals surface area contributed by atoms with Gasteiger partial charge in [-0.2, -0.15) is 0 Å². The predicted octanol–water partition coefficient (Wildman–Crippen LogP) is -0.171. The first-order valence-corrected chi connectivity index (χ1v) is 7.56. The largest absolute Gasteiger partial charge is 0.352 e. The van der Waals surface area contributed by atoms with Gasteiger partial charge in [0.15, 0.2) is 0 Å². The van der Waals surface area contributed by atoms with Crippen molar-refractivity contribution in [1.29, 1.82) is 0 Å². The van der Waals surface area contributed by atoms with E-state index in [-0.39, 0.29) is 30.3 Å². The first-order valence-electron chi connectivity index (χ1n) is 7.56. The number of piperidine rings is 1. The molecule has 2 fully saturated rings. The highest BCUT2D eigenvalue weighted by atomic mass is 35.5. The molecule has 122 valence electrons. The van der Waals surface area contributed by atoms with Gasteiger partial charge in [0.25, 0.3) is 0 Å². The highest BCUT2D eigenvalue weighted by Gasteiger charge is 2.27. The summed E-state index contributed by atoms with van der Waals surface area (Å²) in [4.78, 5) is 27.7. The number of rotatable bonds is 3. The highest BCUT2D eigenvalue weighted by Crippen LogP contribution is 2.12.